The summed E-state index contributed by atoms with van der Waals surface area (Å²) in [7, 11) is 0. The molecule has 0 spiro atoms. The lowest BCUT2D eigenvalue weighted by molar-refractivity contribution is -0.119. The van der Waals surface area contributed by atoms with E-state index >= 15 is 0 Å². The first-order valence-corrected chi connectivity index (χ1v) is 9.69. The van der Waals surface area contributed by atoms with Crippen LogP contribution in [0.3, 0.4) is 0 Å². The SMILES string of the molecule is Cc1nc2c(NCc3c(C)cccc3Cl)cc(N3CCCCC3=O)cc2[nH]1. The number of piperidine rings is 1. The van der Waals surface area contributed by atoms with Crippen molar-refractivity contribution >= 4 is 39.9 Å². The van der Waals surface area contributed by atoms with E-state index < -0.39 is 0 Å². The summed E-state index contributed by atoms with van der Waals surface area (Å²) in [5, 5.41) is 4.24. The number of amides is 1. The summed E-state index contributed by atoms with van der Waals surface area (Å²) in [6.45, 7) is 5.36. The lowest BCUT2D eigenvalue weighted by Gasteiger charge is -2.27. The average Bonchev–Trinajstić information content (AvgIpc) is 3.02. The van der Waals surface area contributed by atoms with Crippen molar-refractivity contribution in [1.82, 2.24) is 9.97 Å². The number of anilines is 2. The molecule has 2 heterocycles. The lowest BCUT2D eigenvalue weighted by atomic mass is 10.1. The number of fused-ring (bicyclic) bond motifs is 1. The number of rotatable bonds is 4. The molecule has 2 N–H and O–H groups in total. The van der Waals surface area contributed by atoms with Crippen LogP contribution in [-0.2, 0) is 11.3 Å². The van der Waals surface area contributed by atoms with E-state index in [1.54, 1.807) is 0 Å². The van der Waals surface area contributed by atoms with E-state index in [9.17, 15) is 4.79 Å². The Morgan fingerprint density at radius 1 is 1.26 bits per heavy atom. The topological polar surface area (TPSA) is 61.0 Å². The third-order valence-electron chi connectivity index (χ3n) is 5.13. The Hall–Kier alpha value is -2.53. The molecule has 2 aromatic carbocycles. The largest absolute Gasteiger partial charge is 0.379 e. The zero-order chi connectivity index (χ0) is 19.0. The second-order valence-electron chi connectivity index (χ2n) is 7.10. The van der Waals surface area contributed by atoms with E-state index in [1.165, 1.54) is 0 Å². The van der Waals surface area contributed by atoms with Gasteiger partial charge in [-0.25, -0.2) is 4.98 Å². The van der Waals surface area contributed by atoms with Crippen molar-refractivity contribution in [2.75, 3.05) is 16.8 Å². The van der Waals surface area contributed by atoms with Gasteiger partial charge < -0.3 is 15.2 Å². The van der Waals surface area contributed by atoms with E-state index in [0.29, 0.717) is 13.0 Å². The molecule has 0 unspecified atom stereocenters. The lowest BCUT2D eigenvalue weighted by Crippen LogP contribution is -2.35. The molecule has 0 aliphatic carbocycles. The zero-order valence-electron chi connectivity index (χ0n) is 15.6. The van der Waals surface area contributed by atoms with Crippen LogP contribution >= 0.6 is 11.6 Å². The third-order valence-corrected chi connectivity index (χ3v) is 5.49. The van der Waals surface area contributed by atoms with Crippen molar-refractivity contribution in [3.05, 3.63) is 52.3 Å². The van der Waals surface area contributed by atoms with E-state index in [2.05, 4.69) is 28.3 Å². The maximum Gasteiger partial charge on any atom is 0.226 e. The highest BCUT2D eigenvalue weighted by Crippen LogP contribution is 2.31. The zero-order valence-corrected chi connectivity index (χ0v) is 16.4. The number of hydrogen-bond donors (Lipinski definition) is 2. The van der Waals surface area contributed by atoms with Crippen LogP contribution in [-0.4, -0.2) is 22.4 Å². The second-order valence-corrected chi connectivity index (χ2v) is 7.51. The Kier molecular flexibility index (Phi) is 4.79. The minimum absolute atomic E-state index is 0.185. The van der Waals surface area contributed by atoms with Gasteiger partial charge in [-0.3, -0.25) is 4.79 Å². The molecule has 1 fully saturated rings. The van der Waals surface area contributed by atoms with E-state index in [0.717, 1.165) is 63.8 Å². The van der Waals surface area contributed by atoms with Crippen molar-refractivity contribution in [3.63, 3.8) is 0 Å². The number of H-pyrrole nitrogens is 1. The van der Waals surface area contributed by atoms with E-state index in [-0.39, 0.29) is 5.91 Å². The van der Waals surface area contributed by atoms with Gasteiger partial charge in [0.15, 0.2) is 0 Å². The summed E-state index contributed by atoms with van der Waals surface area (Å²) < 4.78 is 0. The first-order chi connectivity index (χ1) is 13.0. The molecule has 3 aromatic rings. The van der Waals surface area contributed by atoms with Crippen molar-refractivity contribution in [2.45, 2.75) is 39.7 Å². The Morgan fingerprint density at radius 3 is 2.89 bits per heavy atom. The highest BCUT2D eigenvalue weighted by atomic mass is 35.5. The van der Waals surface area contributed by atoms with Gasteiger partial charge in [0.1, 0.15) is 11.3 Å². The summed E-state index contributed by atoms with van der Waals surface area (Å²) in [5.74, 6) is 1.04. The van der Waals surface area contributed by atoms with Crippen LogP contribution in [0, 0.1) is 13.8 Å². The molecule has 0 saturated carbocycles. The molecule has 1 saturated heterocycles. The summed E-state index contributed by atoms with van der Waals surface area (Å²) >= 11 is 6.38. The molecule has 1 amide bonds. The molecule has 1 aliphatic rings. The Morgan fingerprint density at radius 2 is 2.11 bits per heavy atom. The molecule has 0 bridgehead atoms. The molecule has 140 valence electrons. The van der Waals surface area contributed by atoms with Crippen LogP contribution in [0.1, 0.15) is 36.2 Å². The minimum Gasteiger partial charge on any atom is -0.379 e. The van der Waals surface area contributed by atoms with Crippen LogP contribution in [0.5, 0.6) is 0 Å². The third kappa shape index (κ3) is 3.52. The van der Waals surface area contributed by atoms with Gasteiger partial charge in [0.2, 0.25) is 5.91 Å². The van der Waals surface area contributed by atoms with Crippen LogP contribution in [0.2, 0.25) is 5.02 Å². The molecule has 27 heavy (non-hydrogen) atoms. The number of benzene rings is 2. The summed E-state index contributed by atoms with van der Waals surface area (Å²) in [6, 6.07) is 9.96. The van der Waals surface area contributed by atoms with Gasteiger partial charge in [-0.1, -0.05) is 23.7 Å². The van der Waals surface area contributed by atoms with Gasteiger partial charge in [0.05, 0.1) is 11.2 Å². The predicted molar refractivity (Wildman–Crippen MR) is 111 cm³/mol. The van der Waals surface area contributed by atoms with Gasteiger partial charge in [0.25, 0.3) is 0 Å². The molecular formula is C21H23ClN4O. The van der Waals surface area contributed by atoms with Crippen LogP contribution in [0.25, 0.3) is 11.0 Å². The molecular weight excluding hydrogens is 360 g/mol. The Balaban J connectivity index is 1.71. The number of nitrogens with one attached hydrogen (secondary N) is 2. The number of halogens is 1. The number of hydrogen-bond acceptors (Lipinski definition) is 3. The van der Waals surface area contributed by atoms with Crippen molar-refractivity contribution < 1.29 is 4.79 Å². The van der Waals surface area contributed by atoms with Gasteiger partial charge in [-0.05, 0) is 56.0 Å². The first kappa shape index (κ1) is 17.9. The molecule has 6 heteroatoms. The highest BCUT2D eigenvalue weighted by Gasteiger charge is 2.21. The average molecular weight is 383 g/mol. The van der Waals surface area contributed by atoms with E-state index in [4.69, 9.17) is 11.6 Å². The molecule has 0 atom stereocenters. The monoisotopic (exact) mass is 382 g/mol. The number of aryl methyl sites for hydroxylation is 2. The van der Waals surface area contributed by atoms with Crippen LogP contribution in [0.15, 0.2) is 30.3 Å². The number of carbonyl (C=O) groups is 1. The second kappa shape index (κ2) is 7.24. The highest BCUT2D eigenvalue weighted by molar-refractivity contribution is 6.31. The van der Waals surface area contributed by atoms with Gasteiger partial charge in [-0.15, -0.1) is 0 Å². The summed E-state index contributed by atoms with van der Waals surface area (Å²) in [5.41, 5.74) is 5.84. The minimum atomic E-state index is 0.185. The molecule has 4 rings (SSSR count). The number of nitrogens with zero attached hydrogens (tertiary/aromatic N) is 2. The van der Waals surface area contributed by atoms with Gasteiger partial charge in [-0.2, -0.15) is 0 Å². The summed E-state index contributed by atoms with van der Waals surface area (Å²) in [4.78, 5) is 22.2. The first-order valence-electron chi connectivity index (χ1n) is 9.31. The predicted octanol–water partition coefficient (Wildman–Crippen LogP) is 4.96. The molecule has 0 radical (unpaired) electrons. The Labute approximate surface area is 163 Å². The van der Waals surface area contributed by atoms with Gasteiger partial charge >= 0.3 is 0 Å². The maximum absolute atomic E-state index is 12.4. The van der Waals surface area contributed by atoms with Crippen molar-refractivity contribution in [3.8, 4) is 0 Å². The summed E-state index contributed by atoms with van der Waals surface area (Å²) in [6.07, 6.45) is 2.62. The fourth-order valence-electron chi connectivity index (χ4n) is 3.67. The Bertz CT molecular complexity index is 991. The molecule has 5 nitrogen and oxygen atoms in total. The number of aromatic nitrogens is 2. The smallest absolute Gasteiger partial charge is 0.226 e. The van der Waals surface area contributed by atoms with Crippen LogP contribution in [0.4, 0.5) is 11.4 Å². The van der Waals surface area contributed by atoms with Crippen molar-refractivity contribution in [2.24, 2.45) is 0 Å². The fourth-order valence-corrected chi connectivity index (χ4v) is 3.96. The normalized spacial score (nSPS) is 14.8. The fraction of sp³-hybridized carbons (Fsp3) is 0.333. The molecule has 1 aromatic heterocycles. The molecule has 1 aliphatic heterocycles. The van der Waals surface area contributed by atoms with Crippen molar-refractivity contribution in [1.29, 1.82) is 0 Å². The number of aromatic amines is 1. The van der Waals surface area contributed by atoms with Crippen LogP contribution < -0.4 is 10.2 Å². The maximum atomic E-state index is 12.4. The standard InChI is InChI=1S/C21H23ClN4O/c1-13-6-5-7-17(22)16(13)12-23-18-10-15(26-9-4-3-8-20(26)27)11-19-21(18)25-14(2)24-19/h5-7,10-11,23H,3-4,8-9,12H2,1-2H3,(H,24,25). The number of carbonyl (C=O) groups excluding carboxylic acids is 1. The van der Waals surface area contributed by atoms with E-state index in [1.807, 2.05) is 36.1 Å². The quantitative estimate of drug-likeness (QED) is 0.670. The van der Waals surface area contributed by atoms with Gasteiger partial charge in [0, 0.05) is 30.2 Å². The number of imidazole rings is 1.